The molecule has 0 saturated carbocycles. The number of ether oxygens (including phenoxy) is 1. The minimum Gasteiger partial charge on any atom is -0.463 e. The Morgan fingerprint density at radius 3 is 2.91 bits per heavy atom. The smallest absolute Gasteiger partial charge is 0.338 e. The Labute approximate surface area is 202 Å². The normalized spacial score (nSPS) is 23.8. The summed E-state index contributed by atoms with van der Waals surface area (Å²) in [5.41, 5.74) is 1.31. The van der Waals surface area contributed by atoms with Gasteiger partial charge in [0.15, 0.2) is 10.8 Å². The van der Waals surface area contributed by atoms with E-state index in [4.69, 9.17) is 9.73 Å². The summed E-state index contributed by atoms with van der Waals surface area (Å²) in [4.78, 5) is 23.9. The molecule has 7 nitrogen and oxygen atoms in total. The summed E-state index contributed by atoms with van der Waals surface area (Å²) in [6, 6.07) is 3.38. The van der Waals surface area contributed by atoms with Crippen LogP contribution in [0, 0.1) is 5.82 Å². The summed E-state index contributed by atoms with van der Waals surface area (Å²) in [5, 5.41) is 15.7. The number of benzene rings is 1. The molecule has 2 aliphatic rings. The molecule has 0 radical (unpaired) electrons. The van der Waals surface area contributed by atoms with Gasteiger partial charge in [0.1, 0.15) is 18.0 Å². The Kier molecular flexibility index (Phi) is 7.52. The van der Waals surface area contributed by atoms with Crippen LogP contribution >= 0.6 is 27.3 Å². The van der Waals surface area contributed by atoms with Crippen molar-refractivity contribution >= 4 is 39.1 Å². The minimum atomic E-state index is -1.17. The highest BCUT2D eigenvalue weighted by atomic mass is 79.9. The van der Waals surface area contributed by atoms with Crippen molar-refractivity contribution in [2.75, 3.05) is 26.2 Å². The van der Waals surface area contributed by atoms with Crippen molar-refractivity contribution in [3.8, 4) is 0 Å². The van der Waals surface area contributed by atoms with Crippen LogP contribution in [0.3, 0.4) is 0 Å². The number of thiazole rings is 1. The highest BCUT2D eigenvalue weighted by molar-refractivity contribution is 9.10. The van der Waals surface area contributed by atoms with E-state index in [-0.39, 0.29) is 38.2 Å². The predicted molar refractivity (Wildman–Crippen MR) is 124 cm³/mol. The molecule has 0 bridgehead atoms. The van der Waals surface area contributed by atoms with E-state index in [9.17, 15) is 18.7 Å². The second kappa shape index (κ2) is 10.4. The number of aliphatic imine (C=N–C) groups is 1. The molecule has 3 heterocycles. The summed E-state index contributed by atoms with van der Waals surface area (Å²) in [6.07, 6.45) is -0.229. The zero-order valence-corrected chi connectivity index (χ0v) is 20.2. The summed E-state index contributed by atoms with van der Waals surface area (Å²) in [5.74, 6) is -0.553. The van der Waals surface area contributed by atoms with Crippen LogP contribution < -0.4 is 5.32 Å². The van der Waals surface area contributed by atoms with Crippen LogP contribution in [0.1, 0.15) is 30.0 Å². The largest absolute Gasteiger partial charge is 0.463 e. The third-order valence-corrected chi connectivity index (χ3v) is 6.81. The van der Waals surface area contributed by atoms with E-state index < -0.39 is 30.1 Å². The van der Waals surface area contributed by atoms with Gasteiger partial charge in [0.05, 0.1) is 18.3 Å². The fraction of sp³-hybridized carbons (Fsp3) is 0.409. The van der Waals surface area contributed by atoms with Gasteiger partial charge in [-0.2, -0.15) is 0 Å². The van der Waals surface area contributed by atoms with E-state index in [0.717, 1.165) is 0 Å². The number of aliphatic hydroxyl groups excluding tert-OH is 1. The molecule has 2 N–H and O–H groups in total. The second-order valence-corrected chi connectivity index (χ2v) is 9.55. The summed E-state index contributed by atoms with van der Waals surface area (Å²) in [6.45, 7) is 2.44. The van der Waals surface area contributed by atoms with Crippen molar-refractivity contribution in [1.82, 2.24) is 15.2 Å². The second-order valence-electron chi connectivity index (χ2n) is 7.80. The zero-order valence-electron chi connectivity index (χ0n) is 17.8. The Bertz CT molecular complexity index is 1070. The third kappa shape index (κ3) is 5.48. The number of amidine groups is 1. The van der Waals surface area contributed by atoms with Gasteiger partial charge in [-0.25, -0.2) is 18.6 Å². The fourth-order valence-corrected chi connectivity index (χ4v) is 5.17. The first-order chi connectivity index (χ1) is 15.9. The molecule has 2 aliphatic heterocycles. The number of esters is 1. The molecule has 3 atom stereocenters. The molecule has 33 heavy (non-hydrogen) atoms. The molecule has 4 rings (SSSR count). The molecule has 1 aromatic heterocycles. The number of likely N-dealkylation sites (tertiary alicyclic amines) is 1. The van der Waals surface area contributed by atoms with Crippen LogP contribution in [-0.2, 0) is 9.53 Å². The molecule has 1 aromatic carbocycles. The standard InChI is InChI=1S/C22H23BrF2N4O3S/c1-2-32-22(31)18-17(11-29-9-13(25)7-14(30)10-29)27-20(21-26-5-6-33-21)28-19(18)15-4-3-12(24)8-16(15)23/h3-6,8,13-14,19,30H,2,7,9-11H2,1H3,(H,27,28)/t13?,14?,19-/m0/s1. The van der Waals surface area contributed by atoms with Crippen molar-refractivity contribution in [3.63, 3.8) is 0 Å². The fourth-order valence-electron chi connectivity index (χ4n) is 4.02. The van der Waals surface area contributed by atoms with E-state index in [0.29, 0.717) is 26.6 Å². The average Bonchev–Trinajstić information content (AvgIpc) is 3.27. The van der Waals surface area contributed by atoms with Crippen LogP contribution in [0.15, 0.2) is 50.5 Å². The third-order valence-electron chi connectivity index (χ3n) is 5.35. The Morgan fingerprint density at radius 1 is 1.42 bits per heavy atom. The van der Waals surface area contributed by atoms with Gasteiger partial charge in [-0.15, -0.1) is 11.3 Å². The molecule has 2 unspecified atom stereocenters. The van der Waals surface area contributed by atoms with E-state index >= 15 is 0 Å². The van der Waals surface area contributed by atoms with Crippen LogP contribution in [-0.4, -0.2) is 65.3 Å². The lowest BCUT2D eigenvalue weighted by Gasteiger charge is -2.35. The monoisotopic (exact) mass is 540 g/mol. The molecule has 0 amide bonds. The number of nitrogens with zero attached hydrogens (tertiary/aromatic N) is 3. The Hall–Kier alpha value is -2.21. The summed E-state index contributed by atoms with van der Waals surface area (Å²) < 4.78 is 33.7. The van der Waals surface area contributed by atoms with Crippen LogP contribution in [0.2, 0.25) is 0 Å². The van der Waals surface area contributed by atoms with Gasteiger partial charge in [0.25, 0.3) is 0 Å². The number of carbonyl (C=O) groups is 1. The molecule has 0 spiro atoms. The maximum Gasteiger partial charge on any atom is 0.338 e. The van der Waals surface area contributed by atoms with Crippen LogP contribution in [0.25, 0.3) is 0 Å². The Morgan fingerprint density at radius 2 is 2.24 bits per heavy atom. The Balaban J connectivity index is 1.81. The number of aromatic nitrogens is 1. The first-order valence-corrected chi connectivity index (χ1v) is 12.2. The molecule has 1 saturated heterocycles. The lowest BCUT2D eigenvalue weighted by atomic mass is 9.95. The lowest BCUT2D eigenvalue weighted by Crippen LogP contribution is -2.47. The lowest BCUT2D eigenvalue weighted by molar-refractivity contribution is -0.139. The molecule has 176 valence electrons. The number of carbonyl (C=O) groups excluding carboxylic acids is 1. The molecular weight excluding hydrogens is 518 g/mol. The van der Waals surface area contributed by atoms with E-state index in [2.05, 4.69) is 26.2 Å². The number of piperidine rings is 1. The number of hydrogen-bond acceptors (Lipinski definition) is 8. The van der Waals surface area contributed by atoms with Crippen molar-refractivity contribution in [2.24, 2.45) is 4.99 Å². The van der Waals surface area contributed by atoms with Crippen molar-refractivity contribution in [1.29, 1.82) is 0 Å². The zero-order chi connectivity index (χ0) is 23.5. The van der Waals surface area contributed by atoms with Gasteiger partial charge in [0.2, 0.25) is 0 Å². The maximum atomic E-state index is 14.1. The maximum absolute atomic E-state index is 14.1. The van der Waals surface area contributed by atoms with Gasteiger partial charge in [-0.1, -0.05) is 22.0 Å². The molecule has 0 aliphatic carbocycles. The molecule has 11 heteroatoms. The van der Waals surface area contributed by atoms with Crippen molar-refractivity contribution in [2.45, 2.75) is 31.7 Å². The van der Waals surface area contributed by atoms with E-state index in [1.807, 2.05) is 0 Å². The van der Waals surface area contributed by atoms with Gasteiger partial charge in [-0.3, -0.25) is 9.89 Å². The average molecular weight is 541 g/mol. The van der Waals surface area contributed by atoms with Gasteiger partial charge < -0.3 is 15.2 Å². The number of rotatable bonds is 6. The van der Waals surface area contributed by atoms with E-state index in [1.165, 1.54) is 23.5 Å². The summed E-state index contributed by atoms with van der Waals surface area (Å²) >= 11 is 4.76. The predicted octanol–water partition coefficient (Wildman–Crippen LogP) is 3.36. The van der Waals surface area contributed by atoms with Crippen molar-refractivity contribution in [3.05, 3.63) is 61.9 Å². The first-order valence-electron chi connectivity index (χ1n) is 10.5. The number of β-amino-alcohol motifs (C(OH)–C–C–N with tert-alkyl or cyclic N) is 1. The summed E-state index contributed by atoms with van der Waals surface area (Å²) in [7, 11) is 0. The minimum absolute atomic E-state index is 0.0880. The number of aliphatic hydroxyl groups is 1. The number of hydrogen-bond donors (Lipinski definition) is 2. The number of halogens is 3. The highest BCUT2D eigenvalue weighted by Gasteiger charge is 2.35. The quantitative estimate of drug-likeness (QED) is 0.546. The van der Waals surface area contributed by atoms with Gasteiger partial charge in [-0.05, 0) is 24.6 Å². The SMILES string of the molecule is CCOC(=O)C1=C(CN2CC(O)CC(F)C2)NC(c2nccs2)=N[C@H]1c1ccc(F)cc1Br. The van der Waals surface area contributed by atoms with Gasteiger partial charge >= 0.3 is 5.97 Å². The first kappa shape index (κ1) is 23.9. The van der Waals surface area contributed by atoms with Gasteiger partial charge in [0, 0.05) is 47.8 Å². The molecule has 2 aromatic rings. The number of alkyl halides is 1. The molecule has 1 fully saturated rings. The van der Waals surface area contributed by atoms with Crippen molar-refractivity contribution < 1.29 is 23.4 Å². The topological polar surface area (TPSA) is 87.0 Å². The van der Waals surface area contributed by atoms with E-state index in [1.54, 1.807) is 29.5 Å². The molecular formula is C22H23BrF2N4O3S. The van der Waals surface area contributed by atoms with Crippen LogP contribution in [0.4, 0.5) is 8.78 Å². The van der Waals surface area contributed by atoms with Crippen LogP contribution in [0.5, 0.6) is 0 Å². The highest BCUT2D eigenvalue weighted by Crippen LogP contribution is 2.37. The number of nitrogens with one attached hydrogen (secondary N) is 1.